The predicted octanol–water partition coefficient (Wildman–Crippen LogP) is 4.33. The maximum atomic E-state index is 12.3. The number of hydrogen-bond donors (Lipinski definition) is 1. The van der Waals surface area contributed by atoms with Gasteiger partial charge in [-0.3, -0.25) is 4.79 Å². The third-order valence-electron chi connectivity index (χ3n) is 3.74. The molecule has 4 aromatic rings. The lowest BCUT2D eigenvalue weighted by Crippen LogP contribution is -2.11. The molecule has 25 heavy (non-hydrogen) atoms. The maximum Gasteiger partial charge on any atom is 0.255 e. The second-order valence-electron chi connectivity index (χ2n) is 5.47. The van der Waals surface area contributed by atoms with Crippen molar-refractivity contribution in [2.45, 2.75) is 0 Å². The summed E-state index contributed by atoms with van der Waals surface area (Å²) in [5, 5.41) is 12.1. The van der Waals surface area contributed by atoms with E-state index in [0.29, 0.717) is 27.3 Å². The van der Waals surface area contributed by atoms with Crippen molar-refractivity contribution in [1.29, 1.82) is 0 Å². The summed E-state index contributed by atoms with van der Waals surface area (Å²) in [5.74, 6) is -0.225. The summed E-state index contributed by atoms with van der Waals surface area (Å²) in [6.45, 7) is 0. The van der Waals surface area contributed by atoms with Crippen LogP contribution in [-0.2, 0) is 0 Å². The highest BCUT2D eigenvalue weighted by atomic mass is 35.5. The summed E-state index contributed by atoms with van der Waals surface area (Å²) in [6.07, 6.45) is 0. The fourth-order valence-electron chi connectivity index (χ4n) is 2.49. The standard InChI is InChI=1S/C19H13ClN4O/c20-15-11-17-18(23-24(22-17)14-9-5-2-6-10-14)12-16(15)21-19(25)13-7-3-1-4-8-13/h1-12H,(H,21,25). The van der Waals surface area contributed by atoms with E-state index in [-0.39, 0.29) is 5.91 Å². The minimum absolute atomic E-state index is 0.225. The molecule has 4 rings (SSSR count). The van der Waals surface area contributed by atoms with Crippen LogP contribution in [0.4, 0.5) is 5.69 Å². The van der Waals surface area contributed by atoms with Gasteiger partial charge in [-0.05, 0) is 36.4 Å². The van der Waals surface area contributed by atoms with Gasteiger partial charge in [-0.15, -0.1) is 10.2 Å². The van der Waals surface area contributed by atoms with Gasteiger partial charge in [0, 0.05) is 5.56 Å². The third-order valence-corrected chi connectivity index (χ3v) is 4.05. The van der Waals surface area contributed by atoms with Gasteiger partial charge in [-0.25, -0.2) is 0 Å². The molecule has 0 bridgehead atoms. The maximum absolute atomic E-state index is 12.3. The molecule has 6 heteroatoms. The van der Waals surface area contributed by atoms with Gasteiger partial charge in [0.2, 0.25) is 0 Å². The second-order valence-corrected chi connectivity index (χ2v) is 5.87. The average Bonchev–Trinajstić information content (AvgIpc) is 3.06. The van der Waals surface area contributed by atoms with E-state index in [1.165, 1.54) is 0 Å². The first-order valence-corrected chi connectivity index (χ1v) is 8.07. The van der Waals surface area contributed by atoms with E-state index in [9.17, 15) is 4.79 Å². The molecule has 0 fully saturated rings. The molecule has 1 aromatic heterocycles. The Morgan fingerprint density at radius 2 is 1.48 bits per heavy atom. The Labute approximate surface area is 148 Å². The lowest BCUT2D eigenvalue weighted by atomic mass is 10.2. The van der Waals surface area contributed by atoms with E-state index in [4.69, 9.17) is 11.6 Å². The molecule has 1 amide bonds. The highest BCUT2D eigenvalue weighted by Crippen LogP contribution is 2.27. The van der Waals surface area contributed by atoms with E-state index in [2.05, 4.69) is 15.5 Å². The van der Waals surface area contributed by atoms with Crippen LogP contribution in [0.25, 0.3) is 16.7 Å². The van der Waals surface area contributed by atoms with Crippen LogP contribution in [0.15, 0.2) is 72.8 Å². The van der Waals surface area contributed by atoms with E-state index >= 15 is 0 Å². The molecule has 3 aromatic carbocycles. The van der Waals surface area contributed by atoms with Crippen LogP contribution in [-0.4, -0.2) is 20.9 Å². The zero-order chi connectivity index (χ0) is 17.2. The van der Waals surface area contributed by atoms with Crippen LogP contribution < -0.4 is 5.32 Å². The van der Waals surface area contributed by atoms with Gasteiger partial charge < -0.3 is 5.32 Å². The number of rotatable bonds is 3. The van der Waals surface area contributed by atoms with E-state index in [1.54, 1.807) is 29.1 Å². The average molecular weight is 349 g/mol. The zero-order valence-corrected chi connectivity index (χ0v) is 13.8. The van der Waals surface area contributed by atoms with Gasteiger partial charge in [0.05, 0.1) is 16.4 Å². The number of para-hydroxylation sites is 1. The Bertz CT molecular complexity index is 1050. The molecule has 122 valence electrons. The fraction of sp³-hybridized carbons (Fsp3) is 0. The quantitative estimate of drug-likeness (QED) is 0.599. The molecule has 0 saturated carbocycles. The van der Waals surface area contributed by atoms with Crippen LogP contribution in [0.5, 0.6) is 0 Å². The van der Waals surface area contributed by atoms with Gasteiger partial charge >= 0.3 is 0 Å². The monoisotopic (exact) mass is 348 g/mol. The van der Waals surface area contributed by atoms with E-state index in [0.717, 1.165) is 5.69 Å². The van der Waals surface area contributed by atoms with Crippen LogP contribution in [0.2, 0.25) is 5.02 Å². The molecule has 0 unspecified atom stereocenters. The topological polar surface area (TPSA) is 59.8 Å². The molecular formula is C19H13ClN4O. The number of anilines is 1. The Kier molecular flexibility index (Phi) is 3.91. The van der Waals surface area contributed by atoms with Crippen molar-refractivity contribution >= 4 is 34.2 Å². The van der Waals surface area contributed by atoms with E-state index in [1.807, 2.05) is 48.5 Å². The molecule has 0 radical (unpaired) electrons. The predicted molar refractivity (Wildman–Crippen MR) is 98.3 cm³/mol. The highest BCUT2D eigenvalue weighted by molar-refractivity contribution is 6.34. The van der Waals surface area contributed by atoms with Gasteiger partial charge in [0.15, 0.2) is 0 Å². The minimum atomic E-state index is -0.225. The number of amides is 1. The van der Waals surface area contributed by atoms with Crippen molar-refractivity contribution in [3.63, 3.8) is 0 Å². The number of fused-ring (bicyclic) bond motifs is 1. The number of halogens is 1. The summed E-state index contributed by atoms with van der Waals surface area (Å²) in [5.41, 5.74) is 3.22. The lowest BCUT2D eigenvalue weighted by Gasteiger charge is -2.06. The van der Waals surface area contributed by atoms with Crippen molar-refractivity contribution in [2.75, 3.05) is 5.32 Å². The van der Waals surface area contributed by atoms with Crippen LogP contribution in [0, 0.1) is 0 Å². The normalized spacial score (nSPS) is 10.8. The van der Waals surface area contributed by atoms with Crippen molar-refractivity contribution in [2.24, 2.45) is 0 Å². The summed E-state index contributed by atoms with van der Waals surface area (Å²) in [4.78, 5) is 13.9. The zero-order valence-electron chi connectivity index (χ0n) is 13.1. The van der Waals surface area contributed by atoms with E-state index < -0.39 is 0 Å². The SMILES string of the molecule is O=C(Nc1cc2nn(-c3ccccc3)nc2cc1Cl)c1ccccc1. The molecular weight excluding hydrogens is 336 g/mol. The fourth-order valence-corrected chi connectivity index (χ4v) is 2.70. The number of carbonyl (C=O) groups is 1. The molecule has 0 aliphatic rings. The first kappa shape index (κ1) is 15.4. The van der Waals surface area contributed by atoms with Gasteiger partial charge in [-0.1, -0.05) is 48.0 Å². The molecule has 0 saturated heterocycles. The molecule has 0 atom stereocenters. The summed E-state index contributed by atoms with van der Waals surface area (Å²) in [6, 6.07) is 22.0. The number of carbonyl (C=O) groups excluding carboxylic acids is 1. The molecule has 0 aliphatic carbocycles. The van der Waals surface area contributed by atoms with Crippen LogP contribution in [0.1, 0.15) is 10.4 Å². The Hall–Kier alpha value is -3.18. The van der Waals surface area contributed by atoms with Crippen molar-refractivity contribution in [3.05, 3.63) is 83.4 Å². The Balaban J connectivity index is 1.68. The Morgan fingerprint density at radius 3 is 2.16 bits per heavy atom. The smallest absolute Gasteiger partial charge is 0.255 e. The first-order chi connectivity index (χ1) is 12.2. The van der Waals surface area contributed by atoms with Gasteiger partial charge in [0.25, 0.3) is 5.91 Å². The number of benzene rings is 3. The second kappa shape index (κ2) is 6.37. The lowest BCUT2D eigenvalue weighted by molar-refractivity contribution is 0.102. The minimum Gasteiger partial charge on any atom is -0.321 e. The molecule has 0 spiro atoms. The van der Waals surface area contributed by atoms with Crippen LogP contribution in [0.3, 0.4) is 0 Å². The summed E-state index contributed by atoms with van der Waals surface area (Å²) in [7, 11) is 0. The highest BCUT2D eigenvalue weighted by Gasteiger charge is 2.12. The summed E-state index contributed by atoms with van der Waals surface area (Å²) >= 11 is 6.30. The molecule has 1 heterocycles. The summed E-state index contributed by atoms with van der Waals surface area (Å²) < 4.78 is 0. The van der Waals surface area contributed by atoms with Crippen molar-refractivity contribution < 1.29 is 4.79 Å². The third kappa shape index (κ3) is 3.09. The number of nitrogens with one attached hydrogen (secondary N) is 1. The number of aromatic nitrogens is 3. The largest absolute Gasteiger partial charge is 0.321 e. The van der Waals surface area contributed by atoms with Gasteiger partial charge in [-0.2, -0.15) is 4.80 Å². The van der Waals surface area contributed by atoms with Crippen molar-refractivity contribution in [1.82, 2.24) is 15.0 Å². The van der Waals surface area contributed by atoms with Crippen molar-refractivity contribution in [3.8, 4) is 5.69 Å². The Morgan fingerprint density at radius 1 is 0.880 bits per heavy atom. The number of nitrogens with zero attached hydrogens (tertiary/aromatic N) is 3. The molecule has 0 aliphatic heterocycles. The van der Waals surface area contributed by atoms with Gasteiger partial charge in [0.1, 0.15) is 11.0 Å². The molecule has 1 N–H and O–H groups in total. The number of hydrogen-bond acceptors (Lipinski definition) is 3. The molecule has 5 nitrogen and oxygen atoms in total. The van der Waals surface area contributed by atoms with Crippen LogP contribution >= 0.6 is 11.6 Å². The first-order valence-electron chi connectivity index (χ1n) is 7.69.